The van der Waals surface area contributed by atoms with Gasteiger partial charge in [-0.05, 0) is 18.8 Å². The van der Waals surface area contributed by atoms with E-state index in [0.29, 0.717) is 12.5 Å². The normalized spacial score (nSPS) is 22.5. The Balaban J connectivity index is 2.16. The molecule has 1 aliphatic carbocycles. The van der Waals surface area contributed by atoms with Gasteiger partial charge in [0.15, 0.2) is 0 Å². The molecule has 0 radical (unpaired) electrons. The van der Waals surface area contributed by atoms with Crippen molar-refractivity contribution >= 4 is 5.82 Å². The van der Waals surface area contributed by atoms with Crippen molar-refractivity contribution in [2.45, 2.75) is 39.2 Å². The molecule has 2 atom stereocenters. The monoisotopic (exact) mass is 235 g/mol. The Labute approximate surface area is 103 Å². The van der Waals surface area contributed by atoms with Gasteiger partial charge in [0.05, 0.1) is 12.3 Å². The first-order chi connectivity index (χ1) is 8.24. The summed E-state index contributed by atoms with van der Waals surface area (Å²) in [5, 5.41) is 3.32. The van der Waals surface area contributed by atoms with E-state index in [4.69, 9.17) is 4.74 Å². The molecule has 0 bridgehead atoms. The first-order valence-corrected chi connectivity index (χ1v) is 6.35. The molecule has 2 rings (SSSR count). The van der Waals surface area contributed by atoms with Crippen LogP contribution in [0.25, 0.3) is 0 Å². The number of ether oxygens (including phenoxy) is 1. The number of nitrogens with zero attached hydrogens (tertiary/aromatic N) is 2. The highest BCUT2D eigenvalue weighted by atomic mass is 16.5. The van der Waals surface area contributed by atoms with Crippen molar-refractivity contribution in [2.75, 3.05) is 19.0 Å². The number of aromatic nitrogens is 2. The maximum atomic E-state index is 5.15. The predicted molar refractivity (Wildman–Crippen MR) is 68.0 cm³/mol. The molecule has 0 amide bonds. The SMILES string of the molecule is CCCNc1cc(COC)nc(C2CC2C)n1. The Kier molecular flexibility index (Phi) is 3.94. The molecule has 1 fully saturated rings. The van der Waals surface area contributed by atoms with Crippen LogP contribution in [0, 0.1) is 5.92 Å². The minimum absolute atomic E-state index is 0.550. The molecule has 0 spiro atoms. The van der Waals surface area contributed by atoms with Gasteiger partial charge in [0.25, 0.3) is 0 Å². The highest BCUT2D eigenvalue weighted by Crippen LogP contribution is 2.45. The second kappa shape index (κ2) is 5.45. The van der Waals surface area contributed by atoms with E-state index >= 15 is 0 Å². The molecular formula is C13H21N3O. The van der Waals surface area contributed by atoms with Crippen LogP contribution >= 0.6 is 0 Å². The second-order valence-corrected chi connectivity index (χ2v) is 4.78. The van der Waals surface area contributed by atoms with Gasteiger partial charge in [0, 0.05) is 25.6 Å². The molecule has 1 aromatic heterocycles. The van der Waals surface area contributed by atoms with Gasteiger partial charge in [-0.15, -0.1) is 0 Å². The highest BCUT2D eigenvalue weighted by molar-refractivity contribution is 5.37. The first-order valence-electron chi connectivity index (χ1n) is 6.35. The van der Waals surface area contributed by atoms with E-state index in [1.807, 2.05) is 6.07 Å². The summed E-state index contributed by atoms with van der Waals surface area (Å²) in [6.45, 7) is 5.89. The summed E-state index contributed by atoms with van der Waals surface area (Å²) in [6.07, 6.45) is 2.31. The van der Waals surface area contributed by atoms with Crippen LogP contribution in [-0.4, -0.2) is 23.6 Å². The fourth-order valence-corrected chi connectivity index (χ4v) is 1.93. The Hall–Kier alpha value is -1.16. The van der Waals surface area contributed by atoms with Crippen molar-refractivity contribution in [1.82, 2.24) is 9.97 Å². The third-order valence-corrected chi connectivity index (χ3v) is 3.09. The van der Waals surface area contributed by atoms with E-state index in [1.54, 1.807) is 7.11 Å². The molecule has 94 valence electrons. The lowest BCUT2D eigenvalue weighted by molar-refractivity contribution is 0.181. The fourth-order valence-electron chi connectivity index (χ4n) is 1.93. The van der Waals surface area contributed by atoms with E-state index in [2.05, 4.69) is 29.1 Å². The van der Waals surface area contributed by atoms with Crippen molar-refractivity contribution in [3.8, 4) is 0 Å². The van der Waals surface area contributed by atoms with Gasteiger partial charge in [-0.1, -0.05) is 13.8 Å². The molecule has 2 unspecified atom stereocenters. The molecule has 17 heavy (non-hydrogen) atoms. The Bertz CT molecular complexity index is 381. The average molecular weight is 235 g/mol. The lowest BCUT2D eigenvalue weighted by Crippen LogP contribution is -2.07. The topological polar surface area (TPSA) is 47.0 Å². The van der Waals surface area contributed by atoms with Gasteiger partial charge in [-0.2, -0.15) is 0 Å². The van der Waals surface area contributed by atoms with Crippen molar-refractivity contribution in [1.29, 1.82) is 0 Å². The second-order valence-electron chi connectivity index (χ2n) is 4.78. The Morgan fingerprint density at radius 3 is 2.82 bits per heavy atom. The van der Waals surface area contributed by atoms with Crippen LogP contribution in [0.2, 0.25) is 0 Å². The summed E-state index contributed by atoms with van der Waals surface area (Å²) >= 11 is 0. The molecule has 4 heteroatoms. The number of anilines is 1. The maximum Gasteiger partial charge on any atom is 0.134 e. The van der Waals surface area contributed by atoms with E-state index in [-0.39, 0.29) is 0 Å². The van der Waals surface area contributed by atoms with Crippen LogP contribution in [-0.2, 0) is 11.3 Å². The van der Waals surface area contributed by atoms with E-state index in [0.717, 1.165) is 36.2 Å². The zero-order chi connectivity index (χ0) is 12.3. The van der Waals surface area contributed by atoms with E-state index in [9.17, 15) is 0 Å². The Morgan fingerprint density at radius 1 is 1.47 bits per heavy atom. The van der Waals surface area contributed by atoms with Crippen LogP contribution in [0.1, 0.15) is 44.1 Å². The summed E-state index contributed by atoms with van der Waals surface area (Å²) in [5.74, 6) is 3.19. The molecular weight excluding hydrogens is 214 g/mol. The van der Waals surface area contributed by atoms with Gasteiger partial charge in [-0.25, -0.2) is 9.97 Å². The number of rotatable bonds is 6. The van der Waals surface area contributed by atoms with Crippen LogP contribution in [0.5, 0.6) is 0 Å². The molecule has 1 heterocycles. The van der Waals surface area contributed by atoms with Crippen LogP contribution in [0.15, 0.2) is 6.07 Å². The third-order valence-electron chi connectivity index (χ3n) is 3.09. The standard InChI is InChI=1S/C13H21N3O/c1-4-5-14-12-7-10(8-17-3)15-13(16-12)11-6-9(11)2/h7,9,11H,4-6,8H2,1-3H3,(H,14,15,16). The van der Waals surface area contributed by atoms with E-state index < -0.39 is 0 Å². The average Bonchev–Trinajstić information content (AvgIpc) is 3.04. The molecule has 4 nitrogen and oxygen atoms in total. The van der Waals surface area contributed by atoms with Crippen molar-refractivity contribution in [3.63, 3.8) is 0 Å². The van der Waals surface area contributed by atoms with Crippen LogP contribution in [0.3, 0.4) is 0 Å². The van der Waals surface area contributed by atoms with Gasteiger partial charge in [0.1, 0.15) is 11.6 Å². The zero-order valence-corrected chi connectivity index (χ0v) is 10.9. The quantitative estimate of drug-likeness (QED) is 0.823. The lowest BCUT2D eigenvalue weighted by Gasteiger charge is -2.08. The molecule has 1 aromatic rings. The molecule has 0 aliphatic heterocycles. The lowest BCUT2D eigenvalue weighted by atomic mass is 10.3. The van der Waals surface area contributed by atoms with Gasteiger partial charge < -0.3 is 10.1 Å². The smallest absolute Gasteiger partial charge is 0.134 e. The first kappa shape index (κ1) is 12.3. The van der Waals surface area contributed by atoms with Gasteiger partial charge in [0.2, 0.25) is 0 Å². The molecule has 1 N–H and O–H groups in total. The number of hydrogen-bond donors (Lipinski definition) is 1. The fraction of sp³-hybridized carbons (Fsp3) is 0.692. The molecule has 0 aromatic carbocycles. The highest BCUT2D eigenvalue weighted by Gasteiger charge is 2.36. The molecule has 1 aliphatic rings. The summed E-state index contributed by atoms with van der Waals surface area (Å²) in [4.78, 5) is 9.16. The molecule has 0 saturated heterocycles. The summed E-state index contributed by atoms with van der Waals surface area (Å²) in [7, 11) is 1.70. The largest absolute Gasteiger partial charge is 0.378 e. The van der Waals surface area contributed by atoms with Crippen molar-refractivity contribution in [3.05, 3.63) is 17.6 Å². The predicted octanol–water partition coefficient (Wildman–Crippen LogP) is 2.57. The van der Waals surface area contributed by atoms with Gasteiger partial charge >= 0.3 is 0 Å². The summed E-state index contributed by atoms with van der Waals surface area (Å²) in [6, 6.07) is 1.98. The number of hydrogen-bond acceptors (Lipinski definition) is 4. The third kappa shape index (κ3) is 3.16. The maximum absolute atomic E-state index is 5.15. The number of nitrogens with one attached hydrogen (secondary N) is 1. The van der Waals surface area contributed by atoms with Gasteiger partial charge in [-0.3, -0.25) is 0 Å². The number of methoxy groups -OCH3 is 1. The van der Waals surface area contributed by atoms with E-state index in [1.165, 1.54) is 6.42 Å². The molecule has 1 saturated carbocycles. The minimum Gasteiger partial charge on any atom is -0.378 e. The summed E-state index contributed by atoms with van der Waals surface area (Å²) < 4.78 is 5.15. The van der Waals surface area contributed by atoms with Crippen LogP contribution in [0.4, 0.5) is 5.82 Å². The Morgan fingerprint density at radius 2 is 2.24 bits per heavy atom. The van der Waals surface area contributed by atoms with Crippen LogP contribution < -0.4 is 5.32 Å². The zero-order valence-electron chi connectivity index (χ0n) is 10.9. The van der Waals surface area contributed by atoms with Crippen molar-refractivity contribution in [2.24, 2.45) is 5.92 Å². The summed E-state index contributed by atoms with van der Waals surface area (Å²) in [5.41, 5.74) is 0.968. The minimum atomic E-state index is 0.550. The van der Waals surface area contributed by atoms with Crippen molar-refractivity contribution < 1.29 is 4.74 Å².